The monoisotopic (exact) mass is 342 g/mol. The third-order valence-corrected chi connectivity index (χ3v) is 3.66. The number of benzene rings is 2. The summed E-state index contributed by atoms with van der Waals surface area (Å²) in [5.41, 5.74) is 1.15. The summed E-state index contributed by atoms with van der Waals surface area (Å²) in [7, 11) is 0. The van der Waals surface area contributed by atoms with E-state index < -0.39 is 17.8 Å². The van der Waals surface area contributed by atoms with Gasteiger partial charge in [0.2, 0.25) is 0 Å². The van der Waals surface area contributed by atoms with Crippen molar-refractivity contribution < 1.29 is 18.0 Å². The minimum atomic E-state index is -4.37. The van der Waals surface area contributed by atoms with Crippen LogP contribution in [0.25, 0.3) is 0 Å². The Morgan fingerprint density at radius 1 is 1.13 bits per heavy atom. The Balaban J connectivity index is 1.93. The summed E-state index contributed by atoms with van der Waals surface area (Å²) in [5, 5.41) is 5.75. The molecule has 0 aliphatic heterocycles. The molecular weight excluding hydrogens is 329 g/mol. The number of urea groups is 1. The second-order valence-electron chi connectivity index (χ2n) is 4.91. The molecule has 0 spiro atoms. The average Bonchev–Trinajstić information content (AvgIpc) is 2.49. The molecular formula is C16H14ClF3N2O. The lowest BCUT2D eigenvalue weighted by Gasteiger charge is -2.11. The van der Waals surface area contributed by atoms with Crippen molar-refractivity contribution in [3.8, 4) is 0 Å². The molecule has 0 heterocycles. The lowest BCUT2D eigenvalue weighted by molar-refractivity contribution is -0.137. The van der Waals surface area contributed by atoms with E-state index in [0.29, 0.717) is 16.3 Å². The summed E-state index contributed by atoms with van der Waals surface area (Å²) in [5.74, 6) is 0. The Bertz CT molecular complexity index is 699. The van der Waals surface area contributed by atoms with E-state index in [1.807, 2.05) is 0 Å². The Kier molecular flexibility index (Phi) is 5.15. The summed E-state index contributed by atoms with van der Waals surface area (Å²) >= 11 is 5.96. The summed E-state index contributed by atoms with van der Waals surface area (Å²) in [6.07, 6.45) is -4.37. The van der Waals surface area contributed by atoms with E-state index in [-0.39, 0.29) is 6.54 Å². The average molecular weight is 343 g/mol. The van der Waals surface area contributed by atoms with Gasteiger partial charge in [0.05, 0.1) is 5.56 Å². The number of carbonyl (C=O) groups is 1. The van der Waals surface area contributed by atoms with Crippen LogP contribution in [0.4, 0.5) is 23.7 Å². The van der Waals surface area contributed by atoms with Crippen molar-refractivity contribution in [2.24, 2.45) is 0 Å². The fourth-order valence-electron chi connectivity index (χ4n) is 1.90. The van der Waals surface area contributed by atoms with Crippen LogP contribution in [0.15, 0.2) is 42.5 Å². The van der Waals surface area contributed by atoms with Gasteiger partial charge in [0.25, 0.3) is 0 Å². The first-order chi connectivity index (χ1) is 10.8. The van der Waals surface area contributed by atoms with Crippen LogP contribution >= 0.6 is 11.6 Å². The third kappa shape index (κ3) is 4.63. The standard InChI is InChI=1S/C16H14ClF3N2O/c1-10-13(17)3-2-4-14(10)22-15(23)21-9-11-5-7-12(8-6-11)16(18,19)20/h2-8H,9H2,1H3,(H2,21,22,23). The molecule has 0 saturated carbocycles. The lowest BCUT2D eigenvalue weighted by atomic mass is 10.1. The zero-order valence-electron chi connectivity index (χ0n) is 12.2. The summed E-state index contributed by atoms with van der Waals surface area (Å²) in [4.78, 5) is 11.8. The van der Waals surface area contributed by atoms with E-state index in [2.05, 4.69) is 10.6 Å². The SMILES string of the molecule is Cc1c(Cl)cccc1NC(=O)NCc1ccc(C(F)(F)F)cc1. The minimum Gasteiger partial charge on any atom is -0.334 e. The molecule has 0 unspecified atom stereocenters. The first kappa shape index (κ1) is 17.1. The fourth-order valence-corrected chi connectivity index (χ4v) is 2.08. The number of nitrogens with one attached hydrogen (secondary N) is 2. The number of hydrogen-bond donors (Lipinski definition) is 2. The maximum Gasteiger partial charge on any atom is 0.416 e. The molecule has 2 aromatic carbocycles. The highest BCUT2D eigenvalue weighted by Gasteiger charge is 2.29. The first-order valence-electron chi connectivity index (χ1n) is 6.73. The van der Waals surface area contributed by atoms with Gasteiger partial charge in [-0.25, -0.2) is 4.79 Å². The molecule has 0 fully saturated rings. The summed E-state index contributed by atoms with van der Waals surface area (Å²) in [6, 6.07) is 9.28. The van der Waals surface area contributed by atoms with Crippen molar-refractivity contribution in [1.29, 1.82) is 0 Å². The zero-order valence-corrected chi connectivity index (χ0v) is 12.9. The van der Waals surface area contributed by atoms with Gasteiger partial charge in [-0.05, 0) is 42.3 Å². The van der Waals surface area contributed by atoms with Crippen molar-refractivity contribution in [1.82, 2.24) is 5.32 Å². The van der Waals surface area contributed by atoms with Crippen LogP contribution in [0.1, 0.15) is 16.7 Å². The van der Waals surface area contributed by atoms with Crippen LogP contribution in [0.5, 0.6) is 0 Å². The van der Waals surface area contributed by atoms with E-state index in [1.165, 1.54) is 12.1 Å². The number of halogens is 4. The van der Waals surface area contributed by atoms with E-state index >= 15 is 0 Å². The third-order valence-electron chi connectivity index (χ3n) is 3.25. The van der Waals surface area contributed by atoms with Crippen LogP contribution in [0.3, 0.4) is 0 Å². The topological polar surface area (TPSA) is 41.1 Å². The highest BCUT2D eigenvalue weighted by atomic mass is 35.5. The van der Waals surface area contributed by atoms with Crippen molar-refractivity contribution in [2.75, 3.05) is 5.32 Å². The molecule has 2 rings (SSSR count). The maximum atomic E-state index is 12.5. The molecule has 0 saturated heterocycles. The van der Waals surface area contributed by atoms with Gasteiger partial charge < -0.3 is 10.6 Å². The van der Waals surface area contributed by atoms with Crippen molar-refractivity contribution in [3.63, 3.8) is 0 Å². The van der Waals surface area contributed by atoms with Crippen molar-refractivity contribution in [3.05, 3.63) is 64.2 Å². The first-order valence-corrected chi connectivity index (χ1v) is 7.11. The van der Waals surface area contributed by atoms with Crippen LogP contribution in [-0.4, -0.2) is 6.03 Å². The molecule has 3 nitrogen and oxygen atoms in total. The molecule has 0 bridgehead atoms. The van der Waals surface area contributed by atoms with E-state index in [1.54, 1.807) is 25.1 Å². The summed E-state index contributed by atoms with van der Waals surface area (Å²) in [6.45, 7) is 1.89. The number of alkyl halides is 3. The fraction of sp³-hybridized carbons (Fsp3) is 0.188. The quantitative estimate of drug-likeness (QED) is 0.810. The summed E-state index contributed by atoms with van der Waals surface area (Å²) < 4.78 is 37.4. The molecule has 122 valence electrons. The largest absolute Gasteiger partial charge is 0.416 e. The van der Waals surface area contributed by atoms with E-state index in [4.69, 9.17) is 11.6 Å². The number of rotatable bonds is 3. The van der Waals surface area contributed by atoms with Gasteiger partial charge in [0, 0.05) is 17.3 Å². The van der Waals surface area contributed by atoms with Crippen LogP contribution in [0.2, 0.25) is 5.02 Å². The van der Waals surface area contributed by atoms with Crippen LogP contribution in [0, 0.1) is 6.92 Å². The molecule has 0 aromatic heterocycles. The molecule has 7 heteroatoms. The van der Waals surface area contributed by atoms with Crippen molar-refractivity contribution >= 4 is 23.3 Å². The highest BCUT2D eigenvalue weighted by molar-refractivity contribution is 6.31. The normalized spacial score (nSPS) is 11.2. The number of hydrogen-bond acceptors (Lipinski definition) is 1. The zero-order chi connectivity index (χ0) is 17.0. The molecule has 2 amide bonds. The highest BCUT2D eigenvalue weighted by Crippen LogP contribution is 2.29. The molecule has 0 radical (unpaired) electrons. The molecule has 0 aliphatic rings. The number of anilines is 1. The van der Waals surface area contributed by atoms with Gasteiger partial charge in [0.15, 0.2) is 0 Å². The van der Waals surface area contributed by atoms with Gasteiger partial charge in [-0.3, -0.25) is 0 Å². The lowest BCUT2D eigenvalue weighted by Crippen LogP contribution is -2.28. The maximum absolute atomic E-state index is 12.5. The smallest absolute Gasteiger partial charge is 0.334 e. The molecule has 2 N–H and O–H groups in total. The Hall–Kier alpha value is -2.21. The predicted molar refractivity (Wildman–Crippen MR) is 83.5 cm³/mol. The Morgan fingerprint density at radius 3 is 2.39 bits per heavy atom. The minimum absolute atomic E-state index is 0.115. The second kappa shape index (κ2) is 6.91. The molecule has 0 atom stereocenters. The van der Waals surface area contributed by atoms with Gasteiger partial charge in [0.1, 0.15) is 0 Å². The van der Waals surface area contributed by atoms with Gasteiger partial charge >= 0.3 is 12.2 Å². The van der Waals surface area contributed by atoms with Gasteiger partial charge in [-0.1, -0.05) is 29.8 Å². The second-order valence-corrected chi connectivity index (χ2v) is 5.32. The van der Waals surface area contributed by atoms with Gasteiger partial charge in [-0.2, -0.15) is 13.2 Å². The number of carbonyl (C=O) groups excluding carboxylic acids is 1. The van der Waals surface area contributed by atoms with Crippen LogP contribution < -0.4 is 10.6 Å². The van der Waals surface area contributed by atoms with Crippen molar-refractivity contribution in [2.45, 2.75) is 19.6 Å². The van der Waals surface area contributed by atoms with E-state index in [0.717, 1.165) is 17.7 Å². The number of amides is 2. The van der Waals surface area contributed by atoms with Crippen LogP contribution in [-0.2, 0) is 12.7 Å². The van der Waals surface area contributed by atoms with Gasteiger partial charge in [-0.15, -0.1) is 0 Å². The van der Waals surface area contributed by atoms with E-state index in [9.17, 15) is 18.0 Å². The molecule has 23 heavy (non-hydrogen) atoms. The molecule has 2 aromatic rings. The molecule has 0 aliphatic carbocycles. The Labute approximate surface area is 136 Å². The predicted octanol–water partition coefficient (Wildman–Crippen LogP) is 4.99. The Morgan fingerprint density at radius 2 is 1.78 bits per heavy atom.